The Morgan fingerprint density at radius 2 is 1.67 bits per heavy atom. The van der Waals surface area contributed by atoms with Gasteiger partial charge in [-0.2, -0.15) is 0 Å². The van der Waals surface area contributed by atoms with E-state index in [9.17, 15) is 4.79 Å². The highest BCUT2D eigenvalue weighted by atomic mass is 16.5. The molecule has 0 aliphatic carbocycles. The van der Waals surface area contributed by atoms with E-state index in [-0.39, 0.29) is 5.91 Å². The first-order valence-corrected chi connectivity index (χ1v) is 9.62. The van der Waals surface area contributed by atoms with Crippen LogP contribution >= 0.6 is 0 Å². The van der Waals surface area contributed by atoms with Crippen LogP contribution in [0.15, 0.2) is 85.2 Å². The van der Waals surface area contributed by atoms with Gasteiger partial charge in [-0.25, -0.2) is 9.97 Å². The Hall–Kier alpha value is -3.99. The predicted molar refractivity (Wildman–Crippen MR) is 118 cm³/mol. The minimum Gasteiger partial charge on any atom is -0.439 e. The van der Waals surface area contributed by atoms with E-state index in [1.807, 2.05) is 62.4 Å². The zero-order valence-electron chi connectivity index (χ0n) is 16.8. The highest BCUT2D eigenvalue weighted by molar-refractivity contribution is 6.04. The van der Waals surface area contributed by atoms with Crippen LogP contribution in [0.5, 0.6) is 11.6 Å². The summed E-state index contributed by atoms with van der Waals surface area (Å²) in [5.41, 5.74) is 5.32. The Balaban J connectivity index is 1.51. The third kappa shape index (κ3) is 4.52. The van der Waals surface area contributed by atoms with Gasteiger partial charge in [0.05, 0.1) is 5.69 Å². The number of aryl methyl sites for hydroxylation is 2. The van der Waals surface area contributed by atoms with Crippen molar-refractivity contribution in [1.29, 1.82) is 0 Å². The first-order valence-electron chi connectivity index (χ1n) is 9.62. The second-order valence-corrected chi connectivity index (χ2v) is 6.99. The molecular weight excluding hydrogens is 374 g/mol. The molecule has 0 saturated heterocycles. The quantitative estimate of drug-likeness (QED) is 0.463. The minimum atomic E-state index is -0.198. The van der Waals surface area contributed by atoms with Gasteiger partial charge < -0.3 is 10.1 Å². The number of aromatic nitrogens is 2. The predicted octanol–water partition coefficient (Wildman–Crippen LogP) is 5.81. The molecule has 1 amide bonds. The van der Waals surface area contributed by atoms with Crippen molar-refractivity contribution in [3.63, 3.8) is 0 Å². The summed E-state index contributed by atoms with van der Waals surface area (Å²) in [6.07, 6.45) is 1.47. The summed E-state index contributed by atoms with van der Waals surface area (Å²) in [6, 6.07) is 24.4. The molecule has 4 rings (SSSR count). The Morgan fingerprint density at radius 3 is 2.47 bits per heavy atom. The third-order valence-electron chi connectivity index (χ3n) is 4.79. The van der Waals surface area contributed by atoms with E-state index in [1.165, 1.54) is 11.9 Å². The molecule has 0 spiro atoms. The van der Waals surface area contributed by atoms with Crippen molar-refractivity contribution in [3.05, 3.63) is 102 Å². The molecule has 1 heterocycles. The number of ether oxygens (including phenoxy) is 1. The maximum absolute atomic E-state index is 12.7. The van der Waals surface area contributed by atoms with E-state index in [2.05, 4.69) is 15.3 Å². The summed E-state index contributed by atoms with van der Waals surface area (Å²) in [4.78, 5) is 21.2. The monoisotopic (exact) mass is 395 g/mol. The topological polar surface area (TPSA) is 64.1 Å². The summed E-state index contributed by atoms with van der Waals surface area (Å²) in [6.45, 7) is 4.06. The molecule has 0 aliphatic rings. The van der Waals surface area contributed by atoms with Crippen molar-refractivity contribution in [3.8, 4) is 22.9 Å². The number of nitrogens with one attached hydrogen (secondary N) is 1. The summed E-state index contributed by atoms with van der Waals surface area (Å²) in [5.74, 6) is 0.743. The number of rotatable bonds is 5. The van der Waals surface area contributed by atoms with Crippen LogP contribution in [0.3, 0.4) is 0 Å². The molecule has 5 heteroatoms. The largest absolute Gasteiger partial charge is 0.439 e. The van der Waals surface area contributed by atoms with Gasteiger partial charge in [-0.05, 0) is 55.3 Å². The second kappa shape index (κ2) is 8.57. The van der Waals surface area contributed by atoms with Crippen LogP contribution in [0.2, 0.25) is 0 Å². The van der Waals surface area contributed by atoms with Gasteiger partial charge in [0.25, 0.3) is 5.91 Å². The molecule has 0 aliphatic heterocycles. The molecule has 0 atom stereocenters. The van der Waals surface area contributed by atoms with Crippen molar-refractivity contribution in [2.24, 2.45) is 0 Å². The van der Waals surface area contributed by atoms with Gasteiger partial charge in [-0.15, -0.1) is 0 Å². The molecule has 3 aromatic carbocycles. The molecule has 30 heavy (non-hydrogen) atoms. The smallest absolute Gasteiger partial charge is 0.255 e. The van der Waals surface area contributed by atoms with Crippen LogP contribution < -0.4 is 10.1 Å². The molecule has 148 valence electrons. The number of hydrogen-bond donors (Lipinski definition) is 1. The van der Waals surface area contributed by atoms with Gasteiger partial charge in [0.15, 0.2) is 0 Å². The highest BCUT2D eigenvalue weighted by Gasteiger charge is 2.10. The number of hydrogen-bond acceptors (Lipinski definition) is 4. The fraction of sp³-hybridized carbons (Fsp3) is 0.0800. The van der Waals surface area contributed by atoms with Crippen molar-refractivity contribution in [2.75, 3.05) is 5.32 Å². The average molecular weight is 395 g/mol. The van der Waals surface area contributed by atoms with E-state index >= 15 is 0 Å². The summed E-state index contributed by atoms with van der Waals surface area (Å²) in [5, 5.41) is 2.93. The molecule has 0 fully saturated rings. The number of anilines is 1. The van der Waals surface area contributed by atoms with Gasteiger partial charge in [-0.3, -0.25) is 4.79 Å². The van der Waals surface area contributed by atoms with Crippen molar-refractivity contribution in [1.82, 2.24) is 9.97 Å². The van der Waals surface area contributed by atoms with Crippen LogP contribution in [0.4, 0.5) is 5.69 Å². The van der Waals surface area contributed by atoms with Crippen molar-refractivity contribution >= 4 is 11.6 Å². The fourth-order valence-electron chi connectivity index (χ4n) is 3.01. The average Bonchev–Trinajstić information content (AvgIpc) is 2.77. The van der Waals surface area contributed by atoms with Gasteiger partial charge >= 0.3 is 0 Å². The zero-order valence-corrected chi connectivity index (χ0v) is 16.8. The number of carbonyl (C=O) groups is 1. The Kier molecular flexibility index (Phi) is 5.52. The lowest BCUT2D eigenvalue weighted by molar-refractivity contribution is 0.102. The van der Waals surface area contributed by atoms with E-state index in [4.69, 9.17) is 4.74 Å². The summed E-state index contributed by atoms with van der Waals surface area (Å²) < 4.78 is 5.89. The molecular formula is C25H21N3O2. The Bertz CT molecular complexity index is 1190. The van der Waals surface area contributed by atoms with Crippen LogP contribution in [0.1, 0.15) is 21.5 Å². The summed E-state index contributed by atoms with van der Waals surface area (Å²) >= 11 is 0. The van der Waals surface area contributed by atoms with Crippen LogP contribution in [-0.4, -0.2) is 15.9 Å². The van der Waals surface area contributed by atoms with Crippen LogP contribution in [0.25, 0.3) is 11.3 Å². The van der Waals surface area contributed by atoms with Crippen molar-refractivity contribution in [2.45, 2.75) is 13.8 Å². The lowest BCUT2D eigenvalue weighted by atomic mass is 10.1. The van der Waals surface area contributed by atoms with Crippen LogP contribution in [-0.2, 0) is 0 Å². The highest BCUT2D eigenvalue weighted by Crippen LogP contribution is 2.25. The van der Waals surface area contributed by atoms with Gasteiger partial charge in [0.2, 0.25) is 5.88 Å². The molecule has 4 aromatic rings. The minimum absolute atomic E-state index is 0.198. The molecule has 0 saturated carbocycles. The Morgan fingerprint density at radius 1 is 0.833 bits per heavy atom. The van der Waals surface area contributed by atoms with Gasteiger partial charge in [0, 0.05) is 22.9 Å². The second-order valence-electron chi connectivity index (χ2n) is 6.99. The van der Waals surface area contributed by atoms with Gasteiger partial charge in [-0.1, -0.05) is 42.5 Å². The SMILES string of the molecule is Cc1ccc(NC(=O)c2cccc(Oc3cc(-c4ccccc4)ncn3)c2)cc1C. The van der Waals surface area contributed by atoms with E-state index in [0.29, 0.717) is 17.2 Å². The third-order valence-corrected chi connectivity index (χ3v) is 4.79. The molecule has 0 bridgehead atoms. The maximum Gasteiger partial charge on any atom is 0.255 e. The number of benzene rings is 3. The normalized spacial score (nSPS) is 10.5. The first-order chi connectivity index (χ1) is 14.6. The zero-order chi connectivity index (χ0) is 20.9. The number of nitrogens with zero attached hydrogens (tertiary/aromatic N) is 2. The fourth-order valence-corrected chi connectivity index (χ4v) is 3.01. The number of amides is 1. The first kappa shape index (κ1) is 19.3. The molecule has 5 nitrogen and oxygen atoms in total. The Labute approximate surface area is 175 Å². The van der Waals surface area contributed by atoms with E-state index in [0.717, 1.165) is 22.5 Å². The molecule has 1 aromatic heterocycles. The number of carbonyl (C=O) groups excluding carboxylic acids is 1. The van der Waals surface area contributed by atoms with Gasteiger partial charge in [0.1, 0.15) is 12.1 Å². The van der Waals surface area contributed by atoms with E-state index < -0.39 is 0 Å². The summed E-state index contributed by atoms with van der Waals surface area (Å²) in [7, 11) is 0. The molecule has 1 N–H and O–H groups in total. The maximum atomic E-state index is 12.7. The van der Waals surface area contributed by atoms with Crippen molar-refractivity contribution < 1.29 is 9.53 Å². The molecule has 0 unspecified atom stereocenters. The molecule has 0 radical (unpaired) electrons. The standard InChI is InChI=1S/C25H21N3O2/c1-17-11-12-21(13-18(17)2)28-25(29)20-9-6-10-22(14-20)30-24-15-23(26-16-27-24)19-7-4-3-5-8-19/h3-16H,1-2H3,(H,28,29). The lowest BCUT2D eigenvalue weighted by Gasteiger charge is -2.10. The van der Waals surface area contributed by atoms with E-state index in [1.54, 1.807) is 30.3 Å². The lowest BCUT2D eigenvalue weighted by Crippen LogP contribution is -2.12. The van der Waals surface area contributed by atoms with Crippen LogP contribution in [0, 0.1) is 13.8 Å².